The molecule has 0 heterocycles. The third-order valence-corrected chi connectivity index (χ3v) is 2.68. The van der Waals surface area contributed by atoms with E-state index in [0.717, 1.165) is 19.3 Å². The second-order valence-corrected chi connectivity index (χ2v) is 4.84. The number of amides is 2. The van der Waals surface area contributed by atoms with Crippen LogP contribution in [0, 0.1) is 5.41 Å². The lowest BCUT2D eigenvalue weighted by atomic mass is 9.92. The monoisotopic (exact) mass is 243 g/mol. The maximum atomic E-state index is 11.5. The minimum Gasteiger partial charge on any atom is -0.359 e. The van der Waals surface area contributed by atoms with Crippen LogP contribution in [0.3, 0.4) is 0 Å². The van der Waals surface area contributed by atoms with Gasteiger partial charge in [-0.1, -0.05) is 6.42 Å². The maximum absolute atomic E-state index is 11.5. The van der Waals surface area contributed by atoms with Gasteiger partial charge in [0, 0.05) is 20.0 Å². The SMILES string of the molecule is CNC(=O)C(C)(C)CNC(=O)CCCCCN. The van der Waals surface area contributed by atoms with E-state index in [-0.39, 0.29) is 11.8 Å². The number of carbonyl (C=O) groups excluding carboxylic acids is 2. The highest BCUT2D eigenvalue weighted by molar-refractivity contribution is 5.83. The first-order valence-corrected chi connectivity index (χ1v) is 6.13. The van der Waals surface area contributed by atoms with Crippen LogP contribution in [-0.2, 0) is 9.59 Å². The highest BCUT2D eigenvalue weighted by Gasteiger charge is 2.26. The lowest BCUT2D eigenvalue weighted by molar-refractivity contribution is -0.129. The second-order valence-electron chi connectivity index (χ2n) is 4.84. The molecule has 2 amide bonds. The van der Waals surface area contributed by atoms with Crippen LogP contribution in [0.1, 0.15) is 39.5 Å². The predicted octanol–water partition coefficient (Wildman–Crippen LogP) is 0.394. The minimum absolute atomic E-state index is 0.000926. The van der Waals surface area contributed by atoms with E-state index in [4.69, 9.17) is 5.73 Å². The second kappa shape index (κ2) is 8.06. The number of rotatable bonds is 8. The number of hydrogen-bond donors (Lipinski definition) is 3. The zero-order valence-corrected chi connectivity index (χ0v) is 11.1. The van der Waals surface area contributed by atoms with Crippen LogP contribution < -0.4 is 16.4 Å². The molecule has 0 saturated heterocycles. The Morgan fingerprint density at radius 3 is 2.35 bits per heavy atom. The van der Waals surface area contributed by atoms with Crippen molar-refractivity contribution in [3.63, 3.8) is 0 Å². The molecule has 17 heavy (non-hydrogen) atoms. The van der Waals surface area contributed by atoms with Crippen LogP contribution in [0.15, 0.2) is 0 Å². The van der Waals surface area contributed by atoms with Crippen molar-refractivity contribution in [3.05, 3.63) is 0 Å². The Kier molecular flexibility index (Phi) is 7.54. The standard InChI is InChI=1S/C12H25N3O2/c1-12(2,11(17)14-3)9-15-10(16)7-5-4-6-8-13/h4-9,13H2,1-3H3,(H,14,17)(H,15,16). The van der Waals surface area contributed by atoms with Gasteiger partial charge in [-0.05, 0) is 33.2 Å². The fourth-order valence-electron chi connectivity index (χ4n) is 1.43. The van der Waals surface area contributed by atoms with Crippen LogP contribution >= 0.6 is 0 Å². The summed E-state index contributed by atoms with van der Waals surface area (Å²) in [5.74, 6) is -0.0695. The maximum Gasteiger partial charge on any atom is 0.227 e. The molecule has 0 aliphatic heterocycles. The van der Waals surface area contributed by atoms with Gasteiger partial charge in [-0.15, -0.1) is 0 Å². The van der Waals surface area contributed by atoms with Gasteiger partial charge in [-0.3, -0.25) is 9.59 Å². The normalized spacial score (nSPS) is 11.1. The van der Waals surface area contributed by atoms with Crippen molar-refractivity contribution in [2.75, 3.05) is 20.1 Å². The lowest BCUT2D eigenvalue weighted by Crippen LogP contribution is -2.43. The summed E-state index contributed by atoms with van der Waals surface area (Å²) in [6.45, 7) is 4.65. The van der Waals surface area contributed by atoms with E-state index in [9.17, 15) is 9.59 Å². The number of nitrogens with one attached hydrogen (secondary N) is 2. The molecule has 0 fully saturated rings. The summed E-state index contributed by atoms with van der Waals surface area (Å²) < 4.78 is 0. The molecule has 0 aliphatic carbocycles. The Morgan fingerprint density at radius 1 is 1.18 bits per heavy atom. The largest absolute Gasteiger partial charge is 0.359 e. The number of unbranched alkanes of at least 4 members (excludes halogenated alkanes) is 2. The summed E-state index contributed by atoms with van der Waals surface area (Å²) in [7, 11) is 1.60. The lowest BCUT2D eigenvalue weighted by Gasteiger charge is -2.22. The van der Waals surface area contributed by atoms with Crippen molar-refractivity contribution in [2.24, 2.45) is 11.1 Å². The van der Waals surface area contributed by atoms with Gasteiger partial charge in [-0.2, -0.15) is 0 Å². The summed E-state index contributed by atoms with van der Waals surface area (Å²) in [6.07, 6.45) is 3.28. The summed E-state index contributed by atoms with van der Waals surface area (Å²) in [5, 5.41) is 5.37. The highest BCUT2D eigenvalue weighted by atomic mass is 16.2. The van der Waals surface area contributed by atoms with E-state index in [2.05, 4.69) is 10.6 Å². The molecule has 4 N–H and O–H groups in total. The first-order chi connectivity index (χ1) is 7.94. The first kappa shape index (κ1) is 15.9. The number of carbonyl (C=O) groups is 2. The minimum atomic E-state index is -0.568. The van der Waals surface area contributed by atoms with Gasteiger partial charge in [0.1, 0.15) is 0 Å². The van der Waals surface area contributed by atoms with E-state index in [1.54, 1.807) is 20.9 Å². The van der Waals surface area contributed by atoms with E-state index < -0.39 is 5.41 Å². The molecule has 0 rings (SSSR count). The van der Waals surface area contributed by atoms with Gasteiger partial charge in [0.05, 0.1) is 5.41 Å². The fourth-order valence-corrected chi connectivity index (χ4v) is 1.43. The van der Waals surface area contributed by atoms with Gasteiger partial charge in [0.15, 0.2) is 0 Å². The number of hydrogen-bond acceptors (Lipinski definition) is 3. The molecule has 5 nitrogen and oxygen atoms in total. The summed E-state index contributed by atoms with van der Waals surface area (Å²) in [6, 6.07) is 0. The average Bonchev–Trinajstić information content (AvgIpc) is 2.31. The first-order valence-electron chi connectivity index (χ1n) is 6.13. The molecule has 0 spiro atoms. The third-order valence-electron chi connectivity index (χ3n) is 2.68. The van der Waals surface area contributed by atoms with Gasteiger partial charge in [-0.25, -0.2) is 0 Å². The zero-order chi connectivity index (χ0) is 13.3. The van der Waals surface area contributed by atoms with Crippen molar-refractivity contribution in [2.45, 2.75) is 39.5 Å². The van der Waals surface area contributed by atoms with Crippen LogP contribution in [0.4, 0.5) is 0 Å². The summed E-state index contributed by atoms with van der Waals surface area (Å²) in [5.41, 5.74) is 4.80. The quantitative estimate of drug-likeness (QED) is 0.539. The molecule has 0 aromatic carbocycles. The molecule has 0 aromatic heterocycles. The van der Waals surface area contributed by atoms with E-state index in [1.165, 1.54) is 0 Å². The van der Waals surface area contributed by atoms with Gasteiger partial charge in [0.2, 0.25) is 11.8 Å². The van der Waals surface area contributed by atoms with E-state index >= 15 is 0 Å². The Hall–Kier alpha value is -1.10. The average molecular weight is 243 g/mol. The molecule has 0 radical (unpaired) electrons. The van der Waals surface area contributed by atoms with Crippen molar-refractivity contribution < 1.29 is 9.59 Å². The van der Waals surface area contributed by atoms with E-state index in [0.29, 0.717) is 19.5 Å². The van der Waals surface area contributed by atoms with Gasteiger partial charge in [0.25, 0.3) is 0 Å². The molecule has 0 aromatic rings. The van der Waals surface area contributed by atoms with Crippen molar-refractivity contribution in [1.29, 1.82) is 0 Å². The highest BCUT2D eigenvalue weighted by Crippen LogP contribution is 2.13. The smallest absolute Gasteiger partial charge is 0.227 e. The Balaban J connectivity index is 3.79. The third kappa shape index (κ3) is 6.94. The van der Waals surface area contributed by atoms with Crippen LogP contribution in [0.25, 0.3) is 0 Å². The molecule has 0 unspecified atom stereocenters. The Labute approximate surface area is 104 Å². The topological polar surface area (TPSA) is 84.2 Å². The molecule has 100 valence electrons. The molecule has 0 aliphatic rings. The van der Waals surface area contributed by atoms with Crippen LogP contribution in [0.2, 0.25) is 0 Å². The molecule has 0 saturated carbocycles. The Bertz CT molecular complexity index is 252. The van der Waals surface area contributed by atoms with Gasteiger partial charge >= 0.3 is 0 Å². The predicted molar refractivity (Wildman–Crippen MR) is 68.4 cm³/mol. The van der Waals surface area contributed by atoms with Crippen LogP contribution in [-0.4, -0.2) is 32.0 Å². The molecular weight excluding hydrogens is 218 g/mol. The molecular formula is C12H25N3O2. The molecule has 5 heteroatoms. The fraction of sp³-hybridized carbons (Fsp3) is 0.833. The molecule has 0 bridgehead atoms. The number of nitrogens with two attached hydrogens (primary N) is 1. The van der Waals surface area contributed by atoms with Crippen molar-refractivity contribution in [3.8, 4) is 0 Å². The summed E-state index contributed by atoms with van der Waals surface area (Å²) in [4.78, 5) is 23.0. The summed E-state index contributed by atoms with van der Waals surface area (Å²) >= 11 is 0. The van der Waals surface area contributed by atoms with Crippen LogP contribution in [0.5, 0.6) is 0 Å². The zero-order valence-electron chi connectivity index (χ0n) is 11.1. The van der Waals surface area contributed by atoms with E-state index in [1.807, 2.05) is 0 Å². The molecule has 0 atom stereocenters. The van der Waals surface area contributed by atoms with Gasteiger partial charge < -0.3 is 16.4 Å². The Morgan fingerprint density at radius 2 is 1.82 bits per heavy atom. The van der Waals surface area contributed by atoms with Crippen molar-refractivity contribution in [1.82, 2.24) is 10.6 Å². The van der Waals surface area contributed by atoms with Crippen molar-refractivity contribution >= 4 is 11.8 Å².